The fourth-order valence-corrected chi connectivity index (χ4v) is 10.4. The number of fused-ring (bicyclic) bond motifs is 9. The van der Waals surface area contributed by atoms with Gasteiger partial charge < -0.3 is 13.1 Å². The van der Waals surface area contributed by atoms with Crippen LogP contribution in [0.25, 0.3) is 83.2 Å². The van der Waals surface area contributed by atoms with E-state index in [9.17, 15) is 0 Å². The van der Waals surface area contributed by atoms with Crippen molar-refractivity contribution in [2.75, 3.05) is 0 Å². The Bertz CT molecular complexity index is 3070. The summed E-state index contributed by atoms with van der Waals surface area (Å²) in [5, 5.41) is 7.01. The van der Waals surface area contributed by atoms with Crippen LogP contribution in [-0.4, -0.2) is 32.7 Å². The summed E-state index contributed by atoms with van der Waals surface area (Å²) < 4.78 is 17.0. The quantitative estimate of drug-likeness (QED) is 0.165. The van der Waals surface area contributed by atoms with Crippen LogP contribution in [0.2, 0.25) is 0 Å². The Kier molecular flexibility index (Phi) is 7.01. The van der Waals surface area contributed by atoms with Gasteiger partial charge in [0.05, 0.1) is 16.7 Å². The summed E-state index contributed by atoms with van der Waals surface area (Å²) in [5.74, 6) is 0. The normalized spacial score (nSPS) is 11.9. The Labute approximate surface area is 308 Å². The standard InChI is InChI=1S/C43H26N5O2Si.Cu/c1-3-12-27(13-4-1)51(28-14-5-2-6-15-28)48-36-20-10-8-16-29(36)31-23-25-38-40(41(31)48)46-43(50-38)47-35-19-9-7-17-30(35)32-22-24-34(45-42(32)47)33-18-11-21-37-39(33)44-26-49-37;/h1-26H;. The number of para-hydroxylation sites is 3. The summed E-state index contributed by atoms with van der Waals surface area (Å²) in [6.07, 6.45) is 1.48. The van der Waals surface area contributed by atoms with E-state index in [2.05, 4.69) is 135 Å². The first-order chi connectivity index (χ1) is 25.3. The molecule has 0 aliphatic rings. The molecule has 0 N–H and O–H groups in total. The molecule has 0 spiro atoms. The molecule has 9 heteroatoms. The van der Waals surface area contributed by atoms with Crippen LogP contribution in [-0.2, 0) is 17.1 Å². The van der Waals surface area contributed by atoms with Gasteiger partial charge >= 0.3 is 6.01 Å². The minimum absolute atomic E-state index is 0. The first-order valence-electron chi connectivity index (χ1n) is 16.9. The molecule has 0 amide bonds. The van der Waals surface area contributed by atoms with Gasteiger partial charge in [-0.15, -0.1) is 0 Å². The van der Waals surface area contributed by atoms with Crippen molar-refractivity contribution in [2.24, 2.45) is 0 Å². The zero-order valence-electron chi connectivity index (χ0n) is 27.4. The molecule has 11 aromatic rings. The van der Waals surface area contributed by atoms with Gasteiger partial charge in [0.2, 0.25) is 8.96 Å². The molecular formula is C43H26CuN5O2Si. The maximum Gasteiger partial charge on any atom is 0.309 e. The van der Waals surface area contributed by atoms with E-state index in [0.717, 1.165) is 66.3 Å². The molecule has 5 heterocycles. The molecule has 0 saturated heterocycles. The van der Waals surface area contributed by atoms with Crippen molar-refractivity contribution >= 4 is 85.3 Å². The molecule has 7 nitrogen and oxygen atoms in total. The first kappa shape index (κ1) is 30.6. The van der Waals surface area contributed by atoms with Crippen molar-refractivity contribution in [1.29, 1.82) is 0 Å². The Hall–Kier alpha value is -6.25. The van der Waals surface area contributed by atoms with Gasteiger partial charge in [-0.3, -0.25) is 0 Å². The molecule has 0 saturated carbocycles. The number of hydrogen-bond acceptors (Lipinski definition) is 5. The summed E-state index contributed by atoms with van der Waals surface area (Å²) in [4.78, 5) is 15.1. The van der Waals surface area contributed by atoms with Gasteiger partial charge in [-0.25, -0.2) is 14.5 Å². The van der Waals surface area contributed by atoms with E-state index in [0.29, 0.717) is 6.01 Å². The second kappa shape index (κ2) is 11.9. The van der Waals surface area contributed by atoms with E-state index >= 15 is 0 Å². The fraction of sp³-hybridized carbons (Fsp3) is 0. The molecular weight excluding hydrogens is 710 g/mol. The molecule has 0 aliphatic heterocycles. The third kappa shape index (κ3) is 4.47. The molecule has 0 bridgehead atoms. The largest absolute Gasteiger partial charge is 0.443 e. The van der Waals surface area contributed by atoms with Crippen LogP contribution in [0.1, 0.15) is 0 Å². The zero-order valence-corrected chi connectivity index (χ0v) is 29.3. The number of aromatic nitrogens is 5. The van der Waals surface area contributed by atoms with E-state index in [1.165, 1.54) is 27.7 Å². The predicted molar refractivity (Wildman–Crippen MR) is 205 cm³/mol. The zero-order chi connectivity index (χ0) is 33.5. The van der Waals surface area contributed by atoms with Crippen molar-refractivity contribution in [3.8, 4) is 17.3 Å². The summed E-state index contributed by atoms with van der Waals surface area (Å²) in [7, 11) is -1.53. The molecule has 11 rings (SSSR count). The number of pyridine rings is 1. The van der Waals surface area contributed by atoms with Gasteiger partial charge in [0, 0.05) is 49.7 Å². The summed E-state index contributed by atoms with van der Waals surface area (Å²) >= 11 is 0. The van der Waals surface area contributed by atoms with E-state index in [4.69, 9.17) is 18.8 Å². The van der Waals surface area contributed by atoms with Crippen molar-refractivity contribution in [3.05, 3.63) is 158 Å². The van der Waals surface area contributed by atoms with E-state index in [1.54, 1.807) is 0 Å². The van der Waals surface area contributed by atoms with Crippen LogP contribution in [0.15, 0.2) is 167 Å². The van der Waals surface area contributed by atoms with E-state index in [-0.39, 0.29) is 17.1 Å². The van der Waals surface area contributed by atoms with Gasteiger partial charge in [0.15, 0.2) is 17.6 Å². The third-order valence-electron chi connectivity index (χ3n) is 9.85. The average molecular weight is 736 g/mol. The first-order valence-corrected chi connectivity index (χ1v) is 18.3. The minimum Gasteiger partial charge on any atom is -0.443 e. The van der Waals surface area contributed by atoms with E-state index in [1.807, 2.05) is 30.3 Å². The molecule has 0 aliphatic carbocycles. The summed E-state index contributed by atoms with van der Waals surface area (Å²) in [5.41, 5.74) is 8.71. The Morgan fingerprint density at radius 1 is 0.519 bits per heavy atom. The Morgan fingerprint density at radius 3 is 1.96 bits per heavy atom. The average Bonchev–Trinajstić information content (AvgIpc) is 3.98. The van der Waals surface area contributed by atoms with Gasteiger partial charge in [0.1, 0.15) is 16.7 Å². The Balaban J connectivity index is 0.00000338. The minimum atomic E-state index is -1.53. The number of rotatable bonds is 5. The summed E-state index contributed by atoms with van der Waals surface area (Å²) in [6, 6.07) is 53.5. The molecule has 6 aromatic carbocycles. The second-order valence-corrected chi connectivity index (χ2v) is 15.0. The molecule has 2 radical (unpaired) electrons. The molecule has 0 atom stereocenters. The number of benzene rings is 6. The maximum atomic E-state index is 6.76. The van der Waals surface area contributed by atoms with Gasteiger partial charge in [-0.1, -0.05) is 109 Å². The fourth-order valence-electron chi connectivity index (χ4n) is 7.65. The summed E-state index contributed by atoms with van der Waals surface area (Å²) in [6.45, 7) is 0. The molecule has 0 unspecified atom stereocenters. The Morgan fingerprint density at radius 2 is 1.19 bits per heavy atom. The van der Waals surface area contributed by atoms with Crippen molar-refractivity contribution < 1.29 is 25.9 Å². The van der Waals surface area contributed by atoms with Crippen LogP contribution in [0, 0.1) is 0 Å². The molecule has 0 fully saturated rings. The van der Waals surface area contributed by atoms with Gasteiger partial charge in [-0.2, -0.15) is 4.98 Å². The maximum absolute atomic E-state index is 6.76. The number of oxazole rings is 2. The smallest absolute Gasteiger partial charge is 0.309 e. The van der Waals surface area contributed by atoms with Crippen LogP contribution in [0.5, 0.6) is 0 Å². The number of hydrogen-bond donors (Lipinski definition) is 0. The third-order valence-corrected chi connectivity index (χ3v) is 12.5. The van der Waals surface area contributed by atoms with Crippen molar-refractivity contribution in [2.45, 2.75) is 0 Å². The second-order valence-electron chi connectivity index (χ2n) is 12.7. The van der Waals surface area contributed by atoms with Crippen molar-refractivity contribution in [1.82, 2.24) is 23.8 Å². The molecule has 52 heavy (non-hydrogen) atoms. The van der Waals surface area contributed by atoms with Crippen LogP contribution in [0.3, 0.4) is 0 Å². The predicted octanol–water partition coefficient (Wildman–Crippen LogP) is 8.89. The van der Waals surface area contributed by atoms with E-state index < -0.39 is 8.96 Å². The monoisotopic (exact) mass is 735 g/mol. The molecule has 5 aromatic heterocycles. The molecule has 250 valence electrons. The van der Waals surface area contributed by atoms with Crippen LogP contribution in [0.4, 0.5) is 0 Å². The van der Waals surface area contributed by atoms with Crippen molar-refractivity contribution in [3.63, 3.8) is 0 Å². The SMILES string of the molecule is [Cu].c1ccc([Si](c2ccccc2)n2c3ccccc3c3ccc4oc(-n5c6ccccc6c6ccc(-c7cccc8ocnc78)nc65)nc4c32)cc1. The van der Waals surface area contributed by atoms with Gasteiger partial charge in [-0.05, 0) is 52.8 Å². The van der Waals surface area contributed by atoms with Gasteiger partial charge in [0.25, 0.3) is 0 Å². The topological polar surface area (TPSA) is 74.8 Å². The van der Waals surface area contributed by atoms with Crippen LogP contribution < -0.4 is 10.4 Å². The van der Waals surface area contributed by atoms with Crippen LogP contribution >= 0.6 is 0 Å². The number of nitrogens with zero attached hydrogens (tertiary/aromatic N) is 5.